The molecule has 35 heavy (non-hydrogen) atoms. The fourth-order valence-electron chi connectivity index (χ4n) is 3.16. The van der Waals surface area contributed by atoms with Crippen LogP contribution in [-0.4, -0.2) is 17.9 Å². The van der Waals surface area contributed by atoms with Gasteiger partial charge in [0, 0.05) is 17.9 Å². The molecule has 0 aromatic heterocycles. The molecule has 0 saturated carbocycles. The molecule has 0 saturated heterocycles. The van der Waals surface area contributed by atoms with Gasteiger partial charge in [-0.05, 0) is 54.6 Å². The van der Waals surface area contributed by atoms with Crippen LogP contribution in [0.1, 0.15) is 65.1 Å². The van der Waals surface area contributed by atoms with Crippen molar-refractivity contribution in [1.29, 1.82) is 0 Å². The fraction of sp³-hybridized carbons (Fsp3) is 0.357. The summed E-state index contributed by atoms with van der Waals surface area (Å²) in [5.74, 6) is -0.611. The molecule has 1 aliphatic heterocycles. The predicted molar refractivity (Wildman–Crippen MR) is 153 cm³/mol. The van der Waals surface area contributed by atoms with Crippen LogP contribution in [-0.2, 0) is 11.2 Å². The molecule has 1 amide bonds. The third-order valence-electron chi connectivity index (χ3n) is 4.72. The largest absolute Gasteiger partial charge is 0.326 e. The van der Waals surface area contributed by atoms with E-state index in [-0.39, 0.29) is 29.2 Å². The molecule has 2 aromatic carbocycles. The summed E-state index contributed by atoms with van der Waals surface area (Å²) in [5, 5.41) is 7.52. The minimum Gasteiger partial charge on any atom is -0.326 e. The summed E-state index contributed by atoms with van der Waals surface area (Å²) in [4.78, 5) is 16.8. The Bertz CT molecular complexity index is 1040. The Balaban J connectivity index is 0.00000114. The summed E-state index contributed by atoms with van der Waals surface area (Å²) in [6.45, 7) is 16.4. The van der Waals surface area contributed by atoms with E-state index in [1.807, 2.05) is 57.3 Å². The molecule has 1 heterocycles. The van der Waals surface area contributed by atoms with Gasteiger partial charge < -0.3 is 5.32 Å². The Hall–Kier alpha value is -2.33. The van der Waals surface area contributed by atoms with Crippen LogP contribution in [0.25, 0.3) is 0 Å². The first kappa shape index (κ1) is 30.7. The number of anilines is 1. The zero-order valence-electron chi connectivity index (χ0n) is 21.6. The van der Waals surface area contributed by atoms with Gasteiger partial charge in [-0.15, -0.1) is 0 Å². The molecule has 0 aliphatic carbocycles. The lowest BCUT2D eigenvalue weighted by molar-refractivity contribution is -0.115. The highest BCUT2D eigenvalue weighted by molar-refractivity contribution is 7.45. The molecule has 4 nitrogen and oxygen atoms in total. The SMILES string of the molecule is C=C1PC(NC(C)c2cccc(NC(=O)Cc3ccc(Cl)c(F)c3)c2)C=N/C1=C/C.CC.CCC. The molecule has 2 aromatic rings. The second-order valence-corrected chi connectivity index (χ2v) is 9.67. The van der Waals surface area contributed by atoms with Crippen LogP contribution in [0, 0.1) is 5.82 Å². The second-order valence-electron chi connectivity index (χ2n) is 7.75. The normalized spacial score (nSPS) is 17.2. The maximum atomic E-state index is 13.6. The lowest BCUT2D eigenvalue weighted by Crippen LogP contribution is -2.30. The number of nitrogens with one attached hydrogen (secondary N) is 2. The number of aliphatic imine (C=N–C) groups is 1. The Kier molecular flexibility index (Phi) is 14.4. The number of carbonyl (C=O) groups excluding carboxylic acids is 1. The maximum absolute atomic E-state index is 13.6. The lowest BCUT2D eigenvalue weighted by atomic mass is 10.1. The third kappa shape index (κ3) is 10.4. The van der Waals surface area contributed by atoms with Gasteiger partial charge >= 0.3 is 0 Å². The molecule has 0 radical (unpaired) electrons. The van der Waals surface area contributed by atoms with Crippen molar-refractivity contribution in [3.05, 3.63) is 88.1 Å². The smallest absolute Gasteiger partial charge is 0.228 e. The molecule has 0 spiro atoms. The number of allylic oxidation sites excluding steroid dienone is 2. The maximum Gasteiger partial charge on any atom is 0.228 e. The van der Waals surface area contributed by atoms with Gasteiger partial charge in [0.2, 0.25) is 5.91 Å². The van der Waals surface area contributed by atoms with Gasteiger partial charge in [-0.2, -0.15) is 0 Å². The minimum atomic E-state index is -0.528. The molecule has 3 atom stereocenters. The van der Waals surface area contributed by atoms with Gasteiger partial charge in [-0.1, -0.05) is 85.2 Å². The van der Waals surface area contributed by atoms with Crippen molar-refractivity contribution < 1.29 is 9.18 Å². The molecular formula is C28H38ClFN3OP. The van der Waals surface area contributed by atoms with Crippen LogP contribution in [0.2, 0.25) is 5.02 Å². The molecule has 3 unspecified atom stereocenters. The van der Waals surface area contributed by atoms with E-state index in [2.05, 4.69) is 43.0 Å². The number of amides is 1. The van der Waals surface area contributed by atoms with Crippen LogP contribution in [0.4, 0.5) is 10.1 Å². The highest BCUT2D eigenvalue weighted by Gasteiger charge is 2.18. The van der Waals surface area contributed by atoms with E-state index in [9.17, 15) is 9.18 Å². The van der Waals surface area contributed by atoms with E-state index >= 15 is 0 Å². The van der Waals surface area contributed by atoms with E-state index < -0.39 is 5.82 Å². The minimum absolute atomic E-state index is 0.0440. The van der Waals surface area contributed by atoms with Crippen molar-refractivity contribution in [3.8, 4) is 0 Å². The highest BCUT2D eigenvalue weighted by Crippen LogP contribution is 2.36. The zero-order chi connectivity index (χ0) is 26.4. The lowest BCUT2D eigenvalue weighted by Gasteiger charge is -2.25. The third-order valence-corrected chi connectivity index (χ3v) is 6.26. The first-order valence-electron chi connectivity index (χ1n) is 12.0. The van der Waals surface area contributed by atoms with E-state index in [4.69, 9.17) is 11.6 Å². The van der Waals surface area contributed by atoms with E-state index in [0.717, 1.165) is 16.6 Å². The summed E-state index contributed by atoms with van der Waals surface area (Å²) in [7, 11) is 0.534. The Labute approximate surface area is 216 Å². The Morgan fingerprint density at radius 2 is 1.94 bits per heavy atom. The van der Waals surface area contributed by atoms with Gasteiger partial charge in [0.15, 0.2) is 0 Å². The van der Waals surface area contributed by atoms with Gasteiger partial charge in [-0.3, -0.25) is 15.1 Å². The van der Waals surface area contributed by atoms with Crippen molar-refractivity contribution in [3.63, 3.8) is 0 Å². The topological polar surface area (TPSA) is 53.5 Å². The fourth-order valence-corrected chi connectivity index (χ4v) is 4.49. The molecule has 0 bridgehead atoms. The van der Waals surface area contributed by atoms with Gasteiger partial charge in [-0.25, -0.2) is 4.39 Å². The van der Waals surface area contributed by atoms with Gasteiger partial charge in [0.05, 0.1) is 22.9 Å². The number of benzene rings is 2. The first-order valence-corrected chi connectivity index (χ1v) is 13.5. The van der Waals surface area contributed by atoms with Crippen LogP contribution in [0.15, 0.2) is 71.1 Å². The average molecular weight is 518 g/mol. The average Bonchev–Trinajstić information content (AvgIpc) is 2.83. The van der Waals surface area contributed by atoms with Crippen LogP contribution in [0.3, 0.4) is 0 Å². The van der Waals surface area contributed by atoms with E-state index in [0.29, 0.717) is 19.8 Å². The number of hydrogen-bond donors (Lipinski definition) is 2. The number of nitrogens with zero attached hydrogens (tertiary/aromatic N) is 1. The quantitative estimate of drug-likeness (QED) is 0.379. The molecule has 190 valence electrons. The standard InChI is InChI=1S/C23H24ClFN3OP.C3H8.C2H6/c1-4-21-15(3)30-23(13-26-21)27-14(2)17-6-5-7-18(12-17)28-22(29)11-16-8-9-19(24)20(25)10-16;1-3-2;1-2/h4-10,12-14,23,27,30H,3,11H2,1-2H3,(H,28,29);3H2,1-2H3;1-2H3/b21-4+;;. The summed E-state index contributed by atoms with van der Waals surface area (Å²) in [5.41, 5.74) is 3.26. The Morgan fingerprint density at radius 1 is 1.26 bits per heavy atom. The second kappa shape index (κ2) is 16.4. The van der Waals surface area contributed by atoms with Crippen LogP contribution in [0.5, 0.6) is 0 Å². The van der Waals surface area contributed by atoms with Gasteiger partial charge in [0.1, 0.15) is 5.82 Å². The summed E-state index contributed by atoms with van der Waals surface area (Å²) in [6.07, 6.45) is 5.22. The molecule has 2 N–H and O–H groups in total. The van der Waals surface area contributed by atoms with Crippen molar-refractivity contribution in [2.24, 2.45) is 4.99 Å². The molecular weight excluding hydrogens is 480 g/mol. The van der Waals surface area contributed by atoms with Crippen molar-refractivity contribution >= 4 is 38.0 Å². The van der Waals surface area contributed by atoms with Gasteiger partial charge in [0.25, 0.3) is 0 Å². The van der Waals surface area contributed by atoms with Crippen LogP contribution < -0.4 is 10.6 Å². The monoisotopic (exact) mass is 517 g/mol. The van der Waals surface area contributed by atoms with Crippen molar-refractivity contribution in [2.45, 2.75) is 66.2 Å². The number of halogens is 2. The van der Waals surface area contributed by atoms with E-state index in [1.54, 1.807) is 6.07 Å². The van der Waals surface area contributed by atoms with Crippen molar-refractivity contribution in [1.82, 2.24) is 5.32 Å². The molecule has 3 rings (SSSR count). The van der Waals surface area contributed by atoms with E-state index in [1.165, 1.54) is 18.6 Å². The molecule has 7 heteroatoms. The molecule has 0 fully saturated rings. The summed E-state index contributed by atoms with van der Waals surface area (Å²) in [6, 6.07) is 12.1. The number of rotatable bonds is 6. The van der Waals surface area contributed by atoms with Crippen LogP contribution >= 0.6 is 20.2 Å². The number of hydrogen-bond acceptors (Lipinski definition) is 3. The zero-order valence-corrected chi connectivity index (χ0v) is 23.3. The predicted octanol–water partition coefficient (Wildman–Crippen LogP) is 8.26. The summed E-state index contributed by atoms with van der Waals surface area (Å²) < 4.78 is 13.6. The highest BCUT2D eigenvalue weighted by atomic mass is 35.5. The van der Waals surface area contributed by atoms with Crippen molar-refractivity contribution in [2.75, 3.05) is 5.32 Å². The molecule has 1 aliphatic rings. The number of carbonyl (C=O) groups is 1. The first-order chi connectivity index (χ1) is 16.8. The summed E-state index contributed by atoms with van der Waals surface area (Å²) >= 11 is 5.69. The Morgan fingerprint density at radius 3 is 2.54 bits per heavy atom.